The van der Waals surface area contributed by atoms with Crippen LogP contribution in [0.25, 0.3) is 0 Å². The van der Waals surface area contributed by atoms with Crippen LogP contribution in [-0.4, -0.2) is 84.5 Å². The van der Waals surface area contributed by atoms with Gasteiger partial charge in [0.15, 0.2) is 11.9 Å². The molecule has 16 N–H and O–H groups in total. The summed E-state index contributed by atoms with van der Waals surface area (Å²) in [5.41, 5.74) is 32.4. The van der Waals surface area contributed by atoms with E-state index in [0.717, 1.165) is 0 Å². The molecule has 212 valence electrons. The minimum absolute atomic E-state index is 0.0616. The lowest BCUT2D eigenvalue weighted by atomic mass is 10.1. The molecule has 0 aromatic heterocycles. The number of amides is 3. The first-order valence-corrected chi connectivity index (χ1v) is 12.1. The van der Waals surface area contributed by atoms with Crippen LogP contribution in [0.2, 0.25) is 0 Å². The van der Waals surface area contributed by atoms with E-state index in [9.17, 15) is 24.3 Å². The summed E-state index contributed by atoms with van der Waals surface area (Å²) < 4.78 is 0. The third-order valence-electron chi connectivity index (χ3n) is 5.20. The summed E-state index contributed by atoms with van der Waals surface area (Å²) >= 11 is 0. The van der Waals surface area contributed by atoms with E-state index in [4.69, 9.17) is 34.4 Å². The van der Waals surface area contributed by atoms with E-state index in [1.54, 1.807) is 0 Å². The third kappa shape index (κ3) is 15.8. The topological polar surface area (TPSA) is 305 Å². The molecule has 0 aliphatic heterocycles. The van der Waals surface area contributed by atoms with E-state index in [-0.39, 0.29) is 31.3 Å². The van der Waals surface area contributed by atoms with Gasteiger partial charge in [0.05, 0.1) is 6.04 Å². The first kappa shape index (κ1) is 33.3. The van der Waals surface area contributed by atoms with Gasteiger partial charge in [0.2, 0.25) is 17.7 Å². The van der Waals surface area contributed by atoms with Crippen molar-refractivity contribution in [2.45, 2.75) is 76.0 Å². The number of aliphatic imine (C=N–C) groups is 2. The molecule has 0 aliphatic rings. The summed E-state index contributed by atoms with van der Waals surface area (Å²) in [7, 11) is 0. The predicted molar refractivity (Wildman–Crippen MR) is 140 cm³/mol. The van der Waals surface area contributed by atoms with Crippen LogP contribution in [0.5, 0.6) is 0 Å². The second-order valence-electron chi connectivity index (χ2n) is 8.48. The van der Waals surface area contributed by atoms with Gasteiger partial charge >= 0.3 is 5.97 Å². The maximum atomic E-state index is 12.9. The minimum Gasteiger partial charge on any atom is -0.480 e. The first-order chi connectivity index (χ1) is 17.4. The van der Waals surface area contributed by atoms with Gasteiger partial charge in [-0.3, -0.25) is 24.4 Å². The van der Waals surface area contributed by atoms with E-state index in [2.05, 4.69) is 25.9 Å². The highest BCUT2D eigenvalue weighted by Gasteiger charge is 2.28. The molecule has 16 heteroatoms. The van der Waals surface area contributed by atoms with Crippen molar-refractivity contribution in [1.29, 1.82) is 0 Å². The zero-order chi connectivity index (χ0) is 28.4. The highest BCUT2D eigenvalue weighted by molar-refractivity contribution is 5.93. The Morgan fingerprint density at radius 1 is 0.730 bits per heavy atom. The molecule has 0 aliphatic carbocycles. The average molecular weight is 530 g/mol. The molecule has 0 saturated carbocycles. The van der Waals surface area contributed by atoms with Crippen molar-refractivity contribution >= 4 is 35.6 Å². The Labute approximate surface area is 216 Å². The van der Waals surface area contributed by atoms with Crippen molar-refractivity contribution in [3.63, 3.8) is 0 Å². The standard InChI is InChI=1S/C21H43N11O5/c1-12(16(33)32-15(19(36)37)8-5-11-29-21(26)27)30-18(35)14(7-2-3-9-22)31-17(34)13(23)6-4-10-28-20(24)25/h12-15H,2-11,22-23H2,1H3,(H,30,35)(H,31,34)(H,32,33)(H,36,37)(H4,24,25,28)(H4,26,27,29). The van der Waals surface area contributed by atoms with Crippen LogP contribution in [-0.2, 0) is 19.2 Å². The first-order valence-electron chi connectivity index (χ1n) is 12.1. The van der Waals surface area contributed by atoms with Gasteiger partial charge in [-0.05, 0) is 58.4 Å². The number of nitrogens with two attached hydrogens (primary N) is 6. The summed E-state index contributed by atoms with van der Waals surface area (Å²) in [6.45, 7) is 2.32. The van der Waals surface area contributed by atoms with Crippen LogP contribution in [0.1, 0.15) is 51.9 Å². The molecule has 0 fully saturated rings. The highest BCUT2D eigenvalue weighted by atomic mass is 16.4. The SMILES string of the molecule is CC(NC(=O)C(CCCCN)NC(=O)C(N)CCCN=C(N)N)C(=O)NC(CCCN=C(N)N)C(=O)O. The van der Waals surface area contributed by atoms with Gasteiger partial charge in [-0.2, -0.15) is 0 Å². The van der Waals surface area contributed by atoms with Crippen molar-refractivity contribution in [3.8, 4) is 0 Å². The maximum Gasteiger partial charge on any atom is 0.326 e. The fourth-order valence-corrected chi connectivity index (χ4v) is 3.13. The van der Waals surface area contributed by atoms with Crippen LogP contribution in [0.15, 0.2) is 9.98 Å². The van der Waals surface area contributed by atoms with E-state index < -0.39 is 47.9 Å². The number of rotatable bonds is 19. The zero-order valence-corrected chi connectivity index (χ0v) is 21.3. The fraction of sp³-hybridized carbons (Fsp3) is 0.714. The van der Waals surface area contributed by atoms with Crippen LogP contribution in [0.3, 0.4) is 0 Å². The lowest BCUT2D eigenvalue weighted by Crippen LogP contribution is -2.56. The van der Waals surface area contributed by atoms with Crippen molar-refractivity contribution in [1.82, 2.24) is 16.0 Å². The minimum atomic E-state index is -1.24. The molecular weight excluding hydrogens is 486 g/mol. The number of carboxylic acids is 1. The molecule has 0 rings (SSSR count). The van der Waals surface area contributed by atoms with Crippen molar-refractivity contribution in [2.75, 3.05) is 19.6 Å². The van der Waals surface area contributed by atoms with Crippen LogP contribution < -0.4 is 50.4 Å². The number of nitrogens with one attached hydrogen (secondary N) is 3. The fourth-order valence-electron chi connectivity index (χ4n) is 3.13. The Morgan fingerprint density at radius 3 is 1.76 bits per heavy atom. The Kier molecular flexibility index (Phi) is 16.7. The van der Waals surface area contributed by atoms with Crippen molar-refractivity contribution in [2.24, 2.45) is 44.4 Å². The Hall–Kier alpha value is -3.66. The third-order valence-corrected chi connectivity index (χ3v) is 5.20. The smallest absolute Gasteiger partial charge is 0.326 e. The lowest BCUT2D eigenvalue weighted by Gasteiger charge is -2.23. The molecule has 3 amide bonds. The second-order valence-corrected chi connectivity index (χ2v) is 8.48. The number of unbranched alkanes of at least 4 members (excludes halogenated alkanes) is 1. The monoisotopic (exact) mass is 529 g/mol. The molecule has 4 atom stereocenters. The lowest BCUT2D eigenvalue weighted by molar-refractivity contribution is -0.142. The number of aliphatic carboxylic acids is 1. The number of carboxylic acid groups (broad SMARTS) is 1. The highest BCUT2D eigenvalue weighted by Crippen LogP contribution is 2.05. The van der Waals surface area contributed by atoms with Crippen LogP contribution >= 0.6 is 0 Å². The van der Waals surface area contributed by atoms with Gasteiger partial charge in [0, 0.05) is 13.1 Å². The molecule has 0 saturated heterocycles. The molecule has 4 unspecified atom stereocenters. The van der Waals surface area contributed by atoms with Gasteiger partial charge in [-0.25, -0.2) is 4.79 Å². The number of carbonyl (C=O) groups excluding carboxylic acids is 3. The van der Waals surface area contributed by atoms with E-state index in [1.165, 1.54) is 6.92 Å². The Morgan fingerprint density at radius 2 is 1.24 bits per heavy atom. The van der Waals surface area contributed by atoms with Crippen molar-refractivity contribution in [3.05, 3.63) is 0 Å². The summed E-state index contributed by atoms with van der Waals surface area (Å²) in [5, 5.41) is 16.9. The van der Waals surface area contributed by atoms with Crippen molar-refractivity contribution < 1.29 is 24.3 Å². The Balaban J connectivity index is 5.02. The largest absolute Gasteiger partial charge is 0.480 e. The van der Waals surface area contributed by atoms with Gasteiger partial charge in [-0.15, -0.1) is 0 Å². The van der Waals surface area contributed by atoms with E-state index in [1.807, 2.05) is 0 Å². The summed E-state index contributed by atoms with van der Waals surface area (Å²) in [6, 6.07) is -4.13. The molecule has 16 nitrogen and oxygen atoms in total. The van der Waals surface area contributed by atoms with Crippen LogP contribution in [0.4, 0.5) is 0 Å². The van der Waals surface area contributed by atoms with Crippen LogP contribution in [0, 0.1) is 0 Å². The van der Waals surface area contributed by atoms with Gasteiger partial charge in [0.25, 0.3) is 0 Å². The molecule has 0 aromatic rings. The number of hydrogen-bond donors (Lipinski definition) is 10. The second kappa shape index (κ2) is 18.6. The molecule has 0 radical (unpaired) electrons. The molecule has 37 heavy (non-hydrogen) atoms. The molecule has 0 heterocycles. The molecule has 0 bridgehead atoms. The zero-order valence-electron chi connectivity index (χ0n) is 21.3. The molecule has 0 spiro atoms. The summed E-state index contributed by atoms with van der Waals surface area (Å²) in [5.74, 6) is -3.27. The van der Waals surface area contributed by atoms with E-state index >= 15 is 0 Å². The normalized spacial score (nSPS) is 13.8. The maximum absolute atomic E-state index is 12.9. The molecule has 0 aromatic carbocycles. The van der Waals surface area contributed by atoms with Gasteiger partial charge in [0.1, 0.15) is 18.1 Å². The number of carbonyl (C=O) groups is 4. The van der Waals surface area contributed by atoms with Gasteiger partial charge < -0.3 is 55.5 Å². The van der Waals surface area contributed by atoms with E-state index in [0.29, 0.717) is 45.2 Å². The predicted octanol–water partition coefficient (Wildman–Crippen LogP) is -3.89. The van der Waals surface area contributed by atoms with Gasteiger partial charge in [-0.1, -0.05) is 0 Å². The number of guanidine groups is 2. The summed E-state index contributed by atoms with van der Waals surface area (Å²) in [6.07, 6.45) is 2.59. The summed E-state index contributed by atoms with van der Waals surface area (Å²) in [4.78, 5) is 57.0. The number of nitrogens with zero attached hydrogens (tertiary/aromatic N) is 2. The Bertz CT molecular complexity index is 798. The quantitative estimate of drug-likeness (QED) is 0.0438. The number of hydrogen-bond acceptors (Lipinski definition) is 8. The average Bonchev–Trinajstić information content (AvgIpc) is 2.82. The molecular formula is C21H43N11O5.